The van der Waals surface area contributed by atoms with E-state index in [1.54, 1.807) is 19.1 Å². The summed E-state index contributed by atoms with van der Waals surface area (Å²) < 4.78 is 5.81. The van der Waals surface area contributed by atoms with Gasteiger partial charge in [-0.15, -0.1) is 0 Å². The van der Waals surface area contributed by atoms with Crippen molar-refractivity contribution in [3.63, 3.8) is 0 Å². The van der Waals surface area contributed by atoms with Gasteiger partial charge in [0.1, 0.15) is 5.75 Å². The van der Waals surface area contributed by atoms with E-state index in [-0.39, 0.29) is 11.8 Å². The number of rotatable bonds is 3. The highest BCUT2D eigenvalue weighted by Gasteiger charge is 2.56. The summed E-state index contributed by atoms with van der Waals surface area (Å²) in [6.07, 6.45) is 0.582. The van der Waals surface area contributed by atoms with Crippen molar-refractivity contribution in [3.05, 3.63) is 30.3 Å². The fourth-order valence-electron chi connectivity index (χ4n) is 2.46. The summed E-state index contributed by atoms with van der Waals surface area (Å²) in [6, 6.07) is 9.12. The first kappa shape index (κ1) is 12.6. The first-order valence-corrected chi connectivity index (χ1v) is 6.06. The van der Waals surface area contributed by atoms with Gasteiger partial charge in [0.15, 0.2) is 5.60 Å². The molecule has 1 aliphatic rings. The fraction of sp³-hybridized carbons (Fsp3) is 0.429. The SMILES string of the molecule is CCC1C(=O)N(C)C(=O)C1(C)Oc1ccccc1. The zero-order valence-electron chi connectivity index (χ0n) is 10.8. The van der Waals surface area contributed by atoms with E-state index in [0.29, 0.717) is 12.2 Å². The maximum Gasteiger partial charge on any atom is 0.273 e. The van der Waals surface area contributed by atoms with Gasteiger partial charge in [-0.2, -0.15) is 0 Å². The Bertz CT molecular complexity index is 471. The molecule has 4 heteroatoms. The van der Waals surface area contributed by atoms with Crippen molar-refractivity contribution in [2.24, 2.45) is 5.92 Å². The molecule has 1 saturated heterocycles. The van der Waals surface area contributed by atoms with E-state index < -0.39 is 11.5 Å². The zero-order valence-corrected chi connectivity index (χ0v) is 10.8. The molecule has 4 nitrogen and oxygen atoms in total. The molecule has 0 saturated carbocycles. The summed E-state index contributed by atoms with van der Waals surface area (Å²) in [7, 11) is 1.51. The molecule has 1 heterocycles. The Balaban J connectivity index is 2.34. The molecule has 2 amide bonds. The van der Waals surface area contributed by atoms with Gasteiger partial charge in [0, 0.05) is 7.05 Å². The van der Waals surface area contributed by atoms with Gasteiger partial charge in [-0.3, -0.25) is 14.5 Å². The molecule has 0 aromatic heterocycles. The number of imide groups is 1. The molecule has 2 rings (SSSR count). The van der Waals surface area contributed by atoms with E-state index in [0.717, 1.165) is 4.90 Å². The highest BCUT2D eigenvalue weighted by atomic mass is 16.5. The molecule has 2 atom stereocenters. The number of amides is 2. The standard InChI is InChI=1S/C14H17NO3/c1-4-11-12(16)15(3)13(17)14(11,2)18-10-8-6-5-7-9-10/h5-9,11H,4H2,1-3H3. The summed E-state index contributed by atoms with van der Waals surface area (Å²) in [4.78, 5) is 25.3. The van der Waals surface area contributed by atoms with Crippen LogP contribution in [0.5, 0.6) is 5.75 Å². The number of likely N-dealkylation sites (N-methyl/N-ethyl adjacent to an activating group) is 1. The van der Waals surface area contributed by atoms with Crippen LogP contribution in [0.4, 0.5) is 0 Å². The summed E-state index contributed by atoms with van der Waals surface area (Å²) in [5.74, 6) is -0.255. The van der Waals surface area contributed by atoms with Gasteiger partial charge < -0.3 is 4.74 Å². The van der Waals surface area contributed by atoms with Crippen LogP contribution in [0.2, 0.25) is 0 Å². The quantitative estimate of drug-likeness (QED) is 0.766. The first-order valence-electron chi connectivity index (χ1n) is 6.06. The van der Waals surface area contributed by atoms with Crippen molar-refractivity contribution in [1.82, 2.24) is 4.90 Å². The van der Waals surface area contributed by atoms with Gasteiger partial charge in [-0.1, -0.05) is 25.1 Å². The third-order valence-electron chi connectivity index (χ3n) is 3.50. The highest BCUT2D eigenvalue weighted by Crippen LogP contribution is 2.35. The van der Waals surface area contributed by atoms with Gasteiger partial charge in [-0.25, -0.2) is 0 Å². The van der Waals surface area contributed by atoms with Crippen LogP contribution in [0.25, 0.3) is 0 Å². The van der Waals surface area contributed by atoms with Crippen LogP contribution < -0.4 is 4.74 Å². The highest BCUT2D eigenvalue weighted by molar-refractivity contribution is 6.08. The molecule has 0 aliphatic carbocycles. The van der Waals surface area contributed by atoms with Crippen LogP contribution in [0.15, 0.2) is 30.3 Å². The lowest BCUT2D eigenvalue weighted by Crippen LogP contribution is -2.45. The van der Waals surface area contributed by atoms with Gasteiger partial charge in [-0.05, 0) is 25.5 Å². The van der Waals surface area contributed by atoms with Crippen LogP contribution in [-0.2, 0) is 9.59 Å². The lowest BCUT2D eigenvalue weighted by molar-refractivity contribution is -0.141. The van der Waals surface area contributed by atoms with Crippen molar-refractivity contribution < 1.29 is 14.3 Å². The van der Waals surface area contributed by atoms with E-state index >= 15 is 0 Å². The predicted octanol–water partition coefficient (Wildman–Crippen LogP) is 1.85. The van der Waals surface area contributed by atoms with Crippen LogP contribution in [0.3, 0.4) is 0 Å². The smallest absolute Gasteiger partial charge is 0.273 e. The van der Waals surface area contributed by atoms with Crippen molar-refractivity contribution >= 4 is 11.8 Å². The van der Waals surface area contributed by atoms with Crippen LogP contribution >= 0.6 is 0 Å². The molecule has 0 radical (unpaired) electrons. The van der Waals surface area contributed by atoms with Gasteiger partial charge in [0.05, 0.1) is 5.92 Å². The normalized spacial score (nSPS) is 27.7. The van der Waals surface area contributed by atoms with Crippen LogP contribution in [0, 0.1) is 5.92 Å². The number of benzene rings is 1. The molecule has 18 heavy (non-hydrogen) atoms. The minimum Gasteiger partial charge on any atom is -0.477 e. The van der Waals surface area contributed by atoms with Crippen LogP contribution in [0.1, 0.15) is 20.3 Å². The Morgan fingerprint density at radius 2 is 1.89 bits per heavy atom. The minimum atomic E-state index is -1.10. The molecular formula is C14H17NO3. The molecular weight excluding hydrogens is 230 g/mol. The third kappa shape index (κ3) is 1.78. The zero-order chi connectivity index (χ0) is 13.3. The summed E-state index contributed by atoms with van der Waals surface area (Å²) in [6.45, 7) is 3.58. The number of nitrogens with zero attached hydrogens (tertiary/aromatic N) is 1. The Hall–Kier alpha value is -1.84. The Labute approximate surface area is 107 Å². The molecule has 1 aromatic rings. The Morgan fingerprint density at radius 3 is 2.44 bits per heavy atom. The lowest BCUT2D eigenvalue weighted by Gasteiger charge is -2.27. The van der Waals surface area contributed by atoms with Crippen molar-refractivity contribution in [3.8, 4) is 5.75 Å². The molecule has 96 valence electrons. The van der Waals surface area contributed by atoms with Gasteiger partial charge in [0.25, 0.3) is 5.91 Å². The van der Waals surface area contributed by atoms with E-state index in [9.17, 15) is 9.59 Å². The van der Waals surface area contributed by atoms with E-state index in [1.807, 2.05) is 25.1 Å². The second kappa shape index (κ2) is 4.44. The summed E-state index contributed by atoms with van der Waals surface area (Å²) in [5.41, 5.74) is -1.10. The van der Waals surface area contributed by atoms with Crippen molar-refractivity contribution in [2.45, 2.75) is 25.9 Å². The third-order valence-corrected chi connectivity index (χ3v) is 3.50. The van der Waals surface area contributed by atoms with E-state index in [2.05, 4.69) is 0 Å². The number of hydrogen-bond acceptors (Lipinski definition) is 3. The molecule has 2 unspecified atom stereocenters. The topological polar surface area (TPSA) is 46.6 Å². The van der Waals surface area contributed by atoms with Gasteiger partial charge >= 0.3 is 0 Å². The predicted molar refractivity (Wildman–Crippen MR) is 67.0 cm³/mol. The van der Waals surface area contributed by atoms with Gasteiger partial charge in [0.2, 0.25) is 5.91 Å². The maximum atomic E-state index is 12.2. The Morgan fingerprint density at radius 1 is 1.28 bits per heavy atom. The minimum absolute atomic E-state index is 0.166. The lowest BCUT2D eigenvalue weighted by atomic mass is 9.89. The fourth-order valence-corrected chi connectivity index (χ4v) is 2.46. The number of ether oxygens (including phenoxy) is 1. The Kier molecular flexibility index (Phi) is 3.11. The average Bonchev–Trinajstić information content (AvgIpc) is 2.52. The molecule has 0 N–H and O–H groups in total. The van der Waals surface area contributed by atoms with Crippen LogP contribution in [-0.4, -0.2) is 29.4 Å². The number of likely N-dealkylation sites (tertiary alicyclic amines) is 1. The summed E-state index contributed by atoms with van der Waals surface area (Å²) in [5, 5.41) is 0. The molecule has 0 spiro atoms. The second-order valence-electron chi connectivity index (χ2n) is 4.69. The van der Waals surface area contributed by atoms with Crippen molar-refractivity contribution in [2.75, 3.05) is 7.05 Å². The number of hydrogen-bond donors (Lipinski definition) is 0. The monoisotopic (exact) mass is 247 g/mol. The summed E-state index contributed by atoms with van der Waals surface area (Å²) >= 11 is 0. The van der Waals surface area contributed by atoms with E-state index in [1.165, 1.54) is 7.05 Å². The largest absolute Gasteiger partial charge is 0.477 e. The molecule has 1 fully saturated rings. The molecule has 0 bridgehead atoms. The van der Waals surface area contributed by atoms with Crippen molar-refractivity contribution in [1.29, 1.82) is 0 Å². The second-order valence-corrected chi connectivity index (χ2v) is 4.69. The molecule has 1 aliphatic heterocycles. The van der Waals surface area contributed by atoms with E-state index in [4.69, 9.17) is 4.74 Å². The number of para-hydroxylation sites is 1. The maximum absolute atomic E-state index is 12.2. The number of carbonyl (C=O) groups excluding carboxylic acids is 2. The molecule has 1 aromatic carbocycles. The average molecular weight is 247 g/mol. The first-order chi connectivity index (χ1) is 8.50. The number of carbonyl (C=O) groups is 2.